The molecule has 0 unspecified atom stereocenters. The van der Waals surface area contributed by atoms with Crippen LogP contribution in [-0.4, -0.2) is 41.1 Å². The van der Waals surface area contributed by atoms with Crippen LogP contribution in [0.25, 0.3) is 11.0 Å². The van der Waals surface area contributed by atoms with E-state index in [4.69, 9.17) is 9.52 Å². The van der Waals surface area contributed by atoms with E-state index in [2.05, 4.69) is 22.3 Å². The molecule has 2 aliphatic carbocycles. The van der Waals surface area contributed by atoms with Gasteiger partial charge in [0.15, 0.2) is 0 Å². The second-order valence-corrected chi connectivity index (χ2v) is 7.22. The molecule has 0 atom stereocenters. The van der Waals surface area contributed by atoms with Crippen molar-refractivity contribution in [1.82, 2.24) is 10.2 Å². The van der Waals surface area contributed by atoms with Gasteiger partial charge in [-0.15, -0.1) is 0 Å². The average Bonchev–Trinajstić information content (AvgIpc) is 3.21. The van der Waals surface area contributed by atoms with Gasteiger partial charge in [-0.25, -0.2) is 0 Å². The van der Waals surface area contributed by atoms with Gasteiger partial charge in [-0.2, -0.15) is 0 Å². The molecular formula is C19H24N2O3. The molecule has 128 valence electrons. The fourth-order valence-electron chi connectivity index (χ4n) is 3.57. The monoisotopic (exact) mass is 328 g/mol. The Bertz CT molecular complexity index is 683. The van der Waals surface area contributed by atoms with Crippen LogP contribution in [0.1, 0.15) is 31.4 Å². The molecular weight excluding hydrogens is 304 g/mol. The summed E-state index contributed by atoms with van der Waals surface area (Å²) in [5.74, 6) is 0.973. The van der Waals surface area contributed by atoms with Crippen molar-refractivity contribution >= 4 is 16.9 Å². The van der Waals surface area contributed by atoms with Crippen molar-refractivity contribution in [2.75, 3.05) is 13.1 Å². The zero-order valence-electron chi connectivity index (χ0n) is 13.8. The van der Waals surface area contributed by atoms with Crippen molar-refractivity contribution in [1.29, 1.82) is 0 Å². The second-order valence-electron chi connectivity index (χ2n) is 7.22. The van der Waals surface area contributed by atoms with E-state index in [0.717, 1.165) is 48.6 Å². The SMILES string of the molecule is O=C(O)CN(CC1CC1)C1CC(NCc2cc3ccccc3o2)C1. The third kappa shape index (κ3) is 3.62. The van der Waals surface area contributed by atoms with Crippen LogP contribution in [0.3, 0.4) is 0 Å². The highest BCUT2D eigenvalue weighted by molar-refractivity contribution is 5.77. The fraction of sp³-hybridized carbons (Fsp3) is 0.526. The van der Waals surface area contributed by atoms with Crippen LogP contribution in [0.5, 0.6) is 0 Å². The standard InChI is InChI=1S/C19H24N2O3/c22-19(23)12-21(11-13-5-6-13)16-8-15(9-16)20-10-17-7-14-3-1-2-4-18(14)24-17/h1-4,7,13,15-16,20H,5-6,8-12H2,(H,22,23). The number of fused-ring (bicyclic) bond motifs is 1. The Balaban J connectivity index is 1.26. The van der Waals surface area contributed by atoms with Gasteiger partial charge in [0.1, 0.15) is 11.3 Å². The zero-order chi connectivity index (χ0) is 16.5. The first-order valence-corrected chi connectivity index (χ1v) is 8.84. The molecule has 2 fully saturated rings. The van der Waals surface area contributed by atoms with Crippen molar-refractivity contribution in [3.63, 3.8) is 0 Å². The molecule has 2 aromatic rings. The summed E-state index contributed by atoms with van der Waals surface area (Å²) in [4.78, 5) is 13.2. The molecule has 2 N–H and O–H groups in total. The number of furan rings is 1. The van der Waals surface area contributed by atoms with Crippen LogP contribution in [0, 0.1) is 5.92 Å². The maximum atomic E-state index is 11.1. The van der Waals surface area contributed by atoms with Gasteiger partial charge < -0.3 is 14.8 Å². The minimum Gasteiger partial charge on any atom is -0.480 e. The average molecular weight is 328 g/mol. The molecule has 0 spiro atoms. The van der Waals surface area contributed by atoms with Crippen molar-refractivity contribution in [3.05, 3.63) is 36.1 Å². The van der Waals surface area contributed by atoms with Gasteiger partial charge in [-0.3, -0.25) is 9.69 Å². The number of rotatable bonds is 8. The molecule has 1 aromatic carbocycles. The summed E-state index contributed by atoms with van der Waals surface area (Å²) in [5.41, 5.74) is 0.929. The number of hydrogen-bond donors (Lipinski definition) is 2. The highest BCUT2D eigenvalue weighted by Crippen LogP contribution is 2.34. The molecule has 5 heteroatoms. The molecule has 24 heavy (non-hydrogen) atoms. The van der Waals surface area contributed by atoms with Crippen LogP contribution in [0.4, 0.5) is 0 Å². The van der Waals surface area contributed by atoms with Gasteiger partial charge in [0.2, 0.25) is 0 Å². The summed E-state index contributed by atoms with van der Waals surface area (Å²) in [6.07, 6.45) is 4.58. The van der Waals surface area contributed by atoms with E-state index in [-0.39, 0.29) is 6.54 Å². The van der Waals surface area contributed by atoms with Crippen LogP contribution in [0.2, 0.25) is 0 Å². The van der Waals surface area contributed by atoms with Crippen molar-refractivity contribution < 1.29 is 14.3 Å². The fourth-order valence-corrected chi connectivity index (χ4v) is 3.57. The Labute approximate surface area is 141 Å². The summed E-state index contributed by atoms with van der Waals surface area (Å²) < 4.78 is 5.82. The third-order valence-corrected chi connectivity index (χ3v) is 5.20. The molecule has 4 rings (SSSR count). The number of benzene rings is 1. The predicted octanol–water partition coefficient (Wildman–Crippen LogP) is 2.85. The van der Waals surface area contributed by atoms with E-state index in [1.165, 1.54) is 12.8 Å². The van der Waals surface area contributed by atoms with E-state index >= 15 is 0 Å². The van der Waals surface area contributed by atoms with Gasteiger partial charge >= 0.3 is 5.97 Å². The first kappa shape index (κ1) is 15.7. The van der Waals surface area contributed by atoms with E-state index in [1.807, 2.05) is 18.2 Å². The van der Waals surface area contributed by atoms with E-state index in [0.29, 0.717) is 12.1 Å². The van der Waals surface area contributed by atoms with Crippen LogP contribution in [-0.2, 0) is 11.3 Å². The normalized spacial score (nSPS) is 23.5. The lowest BCUT2D eigenvalue weighted by Crippen LogP contribution is -2.54. The molecule has 0 aliphatic heterocycles. The maximum Gasteiger partial charge on any atom is 0.317 e. The van der Waals surface area contributed by atoms with Crippen molar-refractivity contribution in [2.24, 2.45) is 5.92 Å². The molecule has 0 radical (unpaired) electrons. The largest absolute Gasteiger partial charge is 0.480 e. The molecule has 1 aromatic heterocycles. The Hall–Kier alpha value is -1.85. The van der Waals surface area contributed by atoms with Crippen molar-refractivity contribution in [3.8, 4) is 0 Å². The minimum absolute atomic E-state index is 0.178. The Morgan fingerprint density at radius 2 is 2.08 bits per heavy atom. The molecule has 0 amide bonds. The summed E-state index contributed by atoms with van der Waals surface area (Å²) in [5, 5.41) is 13.8. The summed E-state index contributed by atoms with van der Waals surface area (Å²) in [6.45, 7) is 1.86. The first-order chi connectivity index (χ1) is 11.7. The molecule has 5 nitrogen and oxygen atoms in total. The smallest absolute Gasteiger partial charge is 0.317 e. The van der Waals surface area contributed by atoms with Crippen molar-refractivity contribution in [2.45, 2.75) is 44.3 Å². The first-order valence-electron chi connectivity index (χ1n) is 8.84. The van der Waals surface area contributed by atoms with Gasteiger partial charge in [0, 0.05) is 24.0 Å². The number of carboxylic acid groups (broad SMARTS) is 1. The second kappa shape index (κ2) is 6.57. The van der Waals surface area contributed by atoms with E-state index in [9.17, 15) is 4.79 Å². The summed E-state index contributed by atoms with van der Waals surface area (Å²) in [7, 11) is 0. The summed E-state index contributed by atoms with van der Waals surface area (Å²) in [6, 6.07) is 11.0. The minimum atomic E-state index is -0.714. The Kier molecular flexibility index (Phi) is 4.29. The Morgan fingerprint density at radius 3 is 2.79 bits per heavy atom. The number of nitrogens with zero attached hydrogens (tertiary/aromatic N) is 1. The topological polar surface area (TPSA) is 65.7 Å². The van der Waals surface area contributed by atoms with E-state index in [1.54, 1.807) is 0 Å². The number of aliphatic carboxylic acids is 1. The number of carbonyl (C=O) groups is 1. The molecule has 1 heterocycles. The lowest BCUT2D eigenvalue weighted by molar-refractivity contribution is -0.139. The number of carboxylic acids is 1. The van der Waals surface area contributed by atoms with Gasteiger partial charge in [-0.1, -0.05) is 18.2 Å². The quantitative estimate of drug-likeness (QED) is 0.780. The third-order valence-electron chi connectivity index (χ3n) is 5.20. The van der Waals surface area contributed by atoms with E-state index < -0.39 is 5.97 Å². The highest BCUT2D eigenvalue weighted by atomic mass is 16.4. The number of hydrogen-bond acceptors (Lipinski definition) is 4. The molecule has 0 saturated heterocycles. The maximum absolute atomic E-state index is 11.1. The van der Waals surface area contributed by atoms with Gasteiger partial charge in [0.25, 0.3) is 0 Å². The number of nitrogens with one attached hydrogen (secondary N) is 1. The molecule has 2 saturated carbocycles. The van der Waals surface area contributed by atoms with Crippen LogP contribution < -0.4 is 5.32 Å². The molecule has 0 bridgehead atoms. The lowest BCUT2D eigenvalue weighted by Gasteiger charge is -2.42. The van der Waals surface area contributed by atoms with Crippen LogP contribution in [0.15, 0.2) is 34.7 Å². The predicted molar refractivity (Wildman–Crippen MR) is 91.8 cm³/mol. The number of para-hydroxylation sites is 1. The van der Waals surface area contributed by atoms with Gasteiger partial charge in [-0.05, 0) is 43.7 Å². The Morgan fingerprint density at radius 1 is 1.29 bits per heavy atom. The zero-order valence-corrected chi connectivity index (χ0v) is 13.8. The highest BCUT2D eigenvalue weighted by Gasteiger charge is 2.36. The molecule has 2 aliphatic rings. The summed E-state index contributed by atoms with van der Waals surface area (Å²) >= 11 is 0. The lowest BCUT2D eigenvalue weighted by atomic mass is 9.85. The van der Waals surface area contributed by atoms with Crippen LogP contribution >= 0.6 is 0 Å². The van der Waals surface area contributed by atoms with Gasteiger partial charge in [0.05, 0.1) is 13.1 Å².